The van der Waals surface area contributed by atoms with E-state index in [1.807, 2.05) is 18.2 Å². The second-order valence-electron chi connectivity index (χ2n) is 4.25. The molecule has 0 aliphatic heterocycles. The molecule has 0 unspecified atom stereocenters. The van der Waals surface area contributed by atoms with E-state index in [1.54, 1.807) is 7.11 Å². The van der Waals surface area contributed by atoms with E-state index in [4.69, 9.17) is 10.5 Å². The van der Waals surface area contributed by atoms with Crippen molar-refractivity contribution in [2.24, 2.45) is 5.73 Å². The van der Waals surface area contributed by atoms with Gasteiger partial charge in [-0.05, 0) is 36.6 Å². The standard InChI is InChI=1S/C16H19NO/c1-18-16-11-5-4-10-15(16)14-9-3-2-7-13(14)8-6-12-17/h2-5,7,9-11H,6,8,12,17H2,1H3. The van der Waals surface area contributed by atoms with Crippen molar-refractivity contribution >= 4 is 0 Å². The third-order valence-electron chi connectivity index (χ3n) is 3.06. The Kier molecular flexibility index (Phi) is 4.37. The summed E-state index contributed by atoms with van der Waals surface area (Å²) in [5, 5.41) is 0. The van der Waals surface area contributed by atoms with E-state index < -0.39 is 0 Å². The highest BCUT2D eigenvalue weighted by atomic mass is 16.5. The van der Waals surface area contributed by atoms with Crippen molar-refractivity contribution in [3.8, 4) is 16.9 Å². The summed E-state index contributed by atoms with van der Waals surface area (Å²) in [6, 6.07) is 16.6. The molecule has 0 heterocycles. The van der Waals surface area contributed by atoms with Crippen LogP contribution in [0.25, 0.3) is 11.1 Å². The highest BCUT2D eigenvalue weighted by Crippen LogP contribution is 2.32. The summed E-state index contributed by atoms with van der Waals surface area (Å²) in [6.45, 7) is 0.722. The van der Waals surface area contributed by atoms with Crippen molar-refractivity contribution in [2.75, 3.05) is 13.7 Å². The molecule has 0 bridgehead atoms. The molecule has 0 saturated carbocycles. The van der Waals surface area contributed by atoms with Crippen molar-refractivity contribution in [1.82, 2.24) is 0 Å². The van der Waals surface area contributed by atoms with Gasteiger partial charge in [0.2, 0.25) is 0 Å². The Morgan fingerprint density at radius 3 is 2.33 bits per heavy atom. The van der Waals surface area contributed by atoms with Crippen LogP contribution in [0, 0.1) is 0 Å². The Hall–Kier alpha value is -1.80. The summed E-state index contributed by atoms with van der Waals surface area (Å²) in [5.74, 6) is 0.915. The van der Waals surface area contributed by atoms with E-state index in [-0.39, 0.29) is 0 Å². The van der Waals surface area contributed by atoms with Crippen molar-refractivity contribution in [3.05, 3.63) is 54.1 Å². The molecular weight excluding hydrogens is 222 g/mol. The Labute approximate surface area is 108 Å². The van der Waals surface area contributed by atoms with Gasteiger partial charge in [0.15, 0.2) is 0 Å². The molecule has 2 aromatic rings. The summed E-state index contributed by atoms with van der Waals surface area (Å²) < 4.78 is 5.43. The smallest absolute Gasteiger partial charge is 0.126 e. The first-order valence-corrected chi connectivity index (χ1v) is 6.28. The topological polar surface area (TPSA) is 35.2 Å². The van der Waals surface area contributed by atoms with E-state index in [0.29, 0.717) is 0 Å². The number of nitrogens with two attached hydrogens (primary N) is 1. The maximum absolute atomic E-state index is 5.60. The van der Waals surface area contributed by atoms with Gasteiger partial charge in [-0.15, -0.1) is 0 Å². The molecule has 0 amide bonds. The zero-order valence-electron chi connectivity index (χ0n) is 10.7. The van der Waals surface area contributed by atoms with Gasteiger partial charge in [-0.25, -0.2) is 0 Å². The van der Waals surface area contributed by atoms with Gasteiger partial charge in [0, 0.05) is 5.56 Å². The highest BCUT2D eigenvalue weighted by Gasteiger charge is 2.08. The van der Waals surface area contributed by atoms with Crippen LogP contribution in [0.15, 0.2) is 48.5 Å². The number of hydrogen-bond donors (Lipinski definition) is 1. The Balaban J connectivity index is 2.43. The van der Waals surface area contributed by atoms with Gasteiger partial charge in [-0.2, -0.15) is 0 Å². The average molecular weight is 241 g/mol. The van der Waals surface area contributed by atoms with Gasteiger partial charge in [0.25, 0.3) is 0 Å². The lowest BCUT2D eigenvalue weighted by atomic mass is 9.96. The molecule has 18 heavy (non-hydrogen) atoms. The molecule has 2 nitrogen and oxygen atoms in total. The molecule has 0 spiro atoms. The van der Waals surface area contributed by atoms with Crippen molar-refractivity contribution < 1.29 is 4.74 Å². The third kappa shape index (κ3) is 2.71. The van der Waals surface area contributed by atoms with Crippen LogP contribution in [-0.2, 0) is 6.42 Å². The van der Waals surface area contributed by atoms with Crippen LogP contribution < -0.4 is 10.5 Å². The normalized spacial score (nSPS) is 10.3. The number of hydrogen-bond acceptors (Lipinski definition) is 2. The fourth-order valence-electron chi connectivity index (χ4n) is 2.16. The summed E-state index contributed by atoms with van der Waals surface area (Å²) in [6.07, 6.45) is 2.01. The van der Waals surface area contributed by atoms with Gasteiger partial charge in [0.1, 0.15) is 5.75 Å². The third-order valence-corrected chi connectivity index (χ3v) is 3.06. The molecule has 94 valence electrons. The number of methoxy groups -OCH3 is 1. The summed E-state index contributed by atoms with van der Waals surface area (Å²) in [4.78, 5) is 0. The number of rotatable bonds is 5. The zero-order chi connectivity index (χ0) is 12.8. The molecule has 2 heteroatoms. The van der Waals surface area contributed by atoms with Crippen LogP contribution in [0.2, 0.25) is 0 Å². The van der Waals surface area contributed by atoms with Gasteiger partial charge < -0.3 is 10.5 Å². The van der Waals surface area contributed by atoms with Crippen molar-refractivity contribution in [2.45, 2.75) is 12.8 Å². The van der Waals surface area contributed by atoms with Crippen molar-refractivity contribution in [3.63, 3.8) is 0 Å². The monoisotopic (exact) mass is 241 g/mol. The lowest BCUT2D eigenvalue weighted by Crippen LogP contribution is -2.01. The summed E-state index contributed by atoms with van der Waals surface area (Å²) in [7, 11) is 1.71. The number of benzene rings is 2. The minimum absolute atomic E-state index is 0.722. The van der Waals surface area contributed by atoms with E-state index in [2.05, 4.69) is 30.3 Å². The minimum atomic E-state index is 0.722. The molecule has 0 aliphatic carbocycles. The summed E-state index contributed by atoms with van der Waals surface area (Å²) in [5.41, 5.74) is 9.31. The van der Waals surface area contributed by atoms with Gasteiger partial charge in [-0.1, -0.05) is 42.5 Å². The largest absolute Gasteiger partial charge is 0.496 e. The first kappa shape index (κ1) is 12.7. The van der Waals surface area contributed by atoms with Gasteiger partial charge >= 0.3 is 0 Å². The lowest BCUT2D eigenvalue weighted by molar-refractivity contribution is 0.416. The van der Waals surface area contributed by atoms with Gasteiger partial charge in [-0.3, -0.25) is 0 Å². The maximum atomic E-state index is 5.60. The van der Waals surface area contributed by atoms with Crippen LogP contribution in [0.5, 0.6) is 5.75 Å². The van der Waals surface area contributed by atoms with E-state index >= 15 is 0 Å². The first-order chi connectivity index (χ1) is 8.86. The SMILES string of the molecule is COc1ccccc1-c1ccccc1CCCN. The summed E-state index contributed by atoms with van der Waals surface area (Å²) >= 11 is 0. The zero-order valence-corrected chi connectivity index (χ0v) is 10.7. The Bertz CT molecular complexity index is 508. The molecule has 0 aliphatic rings. The second-order valence-corrected chi connectivity index (χ2v) is 4.25. The van der Waals surface area contributed by atoms with Crippen LogP contribution in [0.1, 0.15) is 12.0 Å². The quantitative estimate of drug-likeness (QED) is 0.872. The fraction of sp³-hybridized carbons (Fsp3) is 0.250. The van der Waals surface area contributed by atoms with Gasteiger partial charge in [0.05, 0.1) is 7.11 Å². The average Bonchev–Trinajstić information content (AvgIpc) is 2.45. The van der Waals surface area contributed by atoms with Crippen LogP contribution in [0.3, 0.4) is 0 Å². The fourth-order valence-corrected chi connectivity index (χ4v) is 2.16. The molecule has 0 radical (unpaired) electrons. The molecule has 0 aromatic heterocycles. The molecule has 0 fully saturated rings. The maximum Gasteiger partial charge on any atom is 0.126 e. The Morgan fingerprint density at radius 2 is 1.61 bits per heavy atom. The molecular formula is C16H19NO. The van der Waals surface area contributed by atoms with Crippen LogP contribution >= 0.6 is 0 Å². The van der Waals surface area contributed by atoms with Crippen LogP contribution in [-0.4, -0.2) is 13.7 Å². The van der Waals surface area contributed by atoms with E-state index in [9.17, 15) is 0 Å². The number of para-hydroxylation sites is 1. The van der Waals surface area contributed by atoms with E-state index in [1.165, 1.54) is 11.1 Å². The molecule has 0 saturated heterocycles. The lowest BCUT2D eigenvalue weighted by Gasteiger charge is -2.12. The predicted octanol–water partition coefficient (Wildman–Crippen LogP) is 3.25. The van der Waals surface area contributed by atoms with Crippen LogP contribution in [0.4, 0.5) is 0 Å². The second kappa shape index (κ2) is 6.22. The molecule has 2 aromatic carbocycles. The minimum Gasteiger partial charge on any atom is -0.496 e. The molecule has 2 N–H and O–H groups in total. The number of aryl methyl sites for hydroxylation is 1. The molecule has 2 rings (SSSR count). The van der Waals surface area contributed by atoms with Crippen molar-refractivity contribution in [1.29, 1.82) is 0 Å². The number of ether oxygens (including phenoxy) is 1. The first-order valence-electron chi connectivity index (χ1n) is 6.28. The highest BCUT2D eigenvalue weighted by molar-refractivity contribution is 5.73. The predicted molar refractivity (Wildman–Crippen MR) is 75.8 cm³/mol. The van der Waals surface area contributed by atoms with E-state index in [0.717, 1.165) is 30.7 Å². The Morgan fingerprint density at radius 1 is 0.944 bits per heavy atom. The molecule has 0 atom stereocenters.